The van der Waals surface area contributed by atoms with Crippen molar-refractivity contribution in [1.82, 2.24) is 0 Å². The molecule has 0 N–H and O–H groups in total. The van der Waals surface area contributed by atoms with Crippen LogP contribution >= 0.6 is 0 Å². The molecule has 0 heterocycles. The van der Waals surface area contributed by atoms with Gasteiger partial charge < -0.3 is 4.79 Å². The fraction of sp³-hybridized carbons (Fsp3) is 0.500. The maximum Gasteiger partial charge on any atom is 0.398 e. The minimum atomic E-state index is -4.47. The average Bonchev–Trinajstić information content (AvgIpc) is 1.62. The van der Waals surface area contributed by atoms with Crippen molar-refractivity contribution >= 4 is 6.29 Å². The number of halogens is 3. The second-order valence-corrected chi connectivity index (χ2v) is 1.28. The average molecular weight is 125 g/mol. The summed E-state index contributed by atoms with van der Waals surface area (Å²) in [6.07, 6.45) is -4.71. The maximum atomic E-state index is 11.2. The Kier molecular flexibility index (Phi) is 2.01. The molecule has 0 bridgehead atoms. The van der Waals surface area contributed by atoms with Gasteiger partial charge in [-0.3, -0.25) is 0 Å². The molecule has 0 fully saturated rings. The molecule has 47 valence electrons. The molecular formula is C4H4F3O. The maximum absolute atomic E-state index is 11.2. The van der Waals surface area contributed by atoms with Crippen molar-refractivity contribution < 1.29 is 18.0 Å². The Labute approximate surface area is 44.5 Å². The Morgan fingerprint density at radius 3 is 1.88 bits per heavy atom. The summed E-state index contributed by atoms with van der Waals surface area (Å²) in [5.41, 5.74) is 0. The number of carbonyl (C=O) groups excluding carboxylic acids is 1. The molecule has 0 aromatic heterocycles. The summed E-state index contributed by atoms with van der Waals surface area (Å²) < 4.78 is 33.5. The molecule has 0 aliphatic carbocycles. The van der Waals surface area contributed by atoms with Crippen molar-refractivity contribution in [3.8, 4) is 0 Å². The van der Waals surface area contributed by atoms with Crippen molar-refractivity contribution in [3.63, 3.8) is 0 Å². The molecule has 0 saturated carbocycles. The van der Waals surface area contributed by atoms with Crippen molar-refractivity contribution in [1.29, 1.82) is 0 Å². The fourth-order valence-electron chi connectivity index (χ4n) is 0.0772. The van der Waals surface area contributed by atoms with E-state index >= 15 is 0 Å². The third-order valence-electron chi connectivity index (χ3n) is 0.585. The zero-order valence-electron chi connectivity index (χ0n) is 3.90. The molecule has 1 atom stereocenters. The first-order chi connectivity index (χ1) is 3.48. The number of hydrogen-bond acceptors (Lipinski definition) is 1. The van der Waals surface area contributed by atoms with Crippen LogP contribution in [0.2, 0.25) is 0 Å². The van der Waals surface area contributed by atoms with Crippen LogP contribution < -0.4 is 0 Å². The summed E-state index contributed by atoms with van der Waals surface area (Å²) in [7, 11) is 0. The van der Waals surface area contributed by atoms with Crippen LogP contribution in [0.5, 0.6) is 0 Å². The van der Waals surface area contributed by atoms with Gasteiger partial charge in [0.2, 0.25) is 0 Å². The van der Waals surface area contributed by atoms with Gasteiger partial charge in [-0.25, -0.2) is 0 Å². The molecule has 0 amide bonds. The lowest BCUT2D eigenvalue weighted by atomic mass is 10.2. The number of alkyl halides is 3. The van der Waals surface area contributed by atoms with Crippen LogP contribution in [0.1, 0.15) is 0 Å². The molecule has 1 unspecified atom stereocenters. The molecule has 4 heteroatoms. The molecular weight excluding hydrogens is 121 g/mol. The second kappa shape index (κ2) is 2.15. The highest BCUT2D eigenvalue weighted by Crippen LogP contribution is 2.22. The zero-order chi connectivity index (χ0) is 6.78. The van der Waals surface area contributed by atoms with E-state index in [9.17, 15) is 18.0 Å². The standard InChI is InChI=1S/C4H4F3O/c1-3(2-8)4(5,6)7/h2-3H,1H2. The van der Waals surface area contributed by atoms with Crippen LogP contribution in [0, 0.1) is 12.8 Å². The Balaban J connectivity index is 3.80. The van der Waals surface area contributed by atoms with E-state index in [0.29, 0.717) is 0 Å². The fourth-order valence-corrected chi connectivity index (χ4v) is 0.0772. The van der Waals surface area contributed by atoms with Gasteiger partial charge in [0, 0.05) is 0 Å². The first-order valence-electron chi connectivity index (χ1n) is 1.83. The van der Waals surface area contributed by atoms with Crippen molar-refractivity contribution in [2.45, 2.75) is 6.18 Å². The first kappa shape index (κ1) is 7.46. The second-order valence-electron chi connectivity index (χ2n) is 1.28. The lowest BCUT2D eigenvalue weighted by Crippen LogP contribution is -2.20. The summed E-state index contributed by atoms with van der Waals surface area (Å²) in [5.74, 6) is -2.08. The van der Waals surface area contributed by atoms with Crippen LogP contribution in [0.15, 0.2) is 0 Å². The van der Waals surface area contributed by atoms with Crippen LogP contribution in [-0.4, -0.2) is 12.5 Å². The largest absolute Gasteiger partial charge is 0.398 e. The number of carbonyl (C=O) groups is 1. The SMILES string of the molecule is [CH2]C(C=O)C(F)(F)F. The van der Waals surface area contributed by atoms with Gasteiger partial charge in [0.05, 0.1) is 0 Å². The van der Waals surface area contributed by atoms with Gasteiger partial charge in [-0.1, -0.05) is 0 Å². The molecule has 1 radical (unpaired) electrons. The van der Waals surface area contributed by atoms with E-state index < -0.39 is 12.1 Å². The summed E-state index contributed by atoms with van der Waals surface area (Å²) in [6, 6.07) is 0. The lowest BCUT2D eigenvalue weighted by Gasteiger charge is -2.06. The smallest absolute Gasteiger partial charge is 0.303 e. The van der Waals surface area contributed by atoms with Crippen LogP contribution in [0.3, 0.4) is 0 Å². The summed E-state index contributed by atoms with van der Waals surface area (Å²) in [4.78, 5) is 9.37. The van der Waals surface area contributed by atoms with E-state index in [1.807, 2.05) is 0 Å². The minimum Gasteiger partial charge on any atom is -0.303 e. The molecule has 0 saturated heterocycles. The van der Waals surface area contributed by atoms with E-state index in [4.69, 9.17) is 0 Å². The van der Waals surface area contributed by atoms with Gasteiger partial charge in [0.15, 0.2) is 0 Å². The minimum absolute atomic E-state index is 0.236. The quantitative estimate of drug-likeness (QED) is 0.481. The Morgan fingerprint density at radius 1 is 1.50 bits per heavy atom. The van der Waals surface area contributed by atoms with Gasteiger partial charge in [-0.05, 0) is 6.92 Å². The molecule has 0 aliphatic rings. The van der Waals surface area contributed by atoms with Crippen molar-refractivity contribution in [2.24, 2.45) is 5.92 Å². The van der Waals surface area contributed by atoms with Crippen LogP contribution in [0.4, 0.5) is 13.2 Å². The summed E-state index contributed by atoms with van der Waals surface area (Å²) >= 11 is 0. The lowest BCUT2D eigenvalue weighted by molar-refractivity contribution is -0.164. The molecule has 0 aliphatic heterocycles. The Bertz CT molecular complexity index is 85.8. The normalized spacial score (nSPS) is 15.5. The molecule has 0 aromatic carbocycles. The van der Waals surface area contributed by atoms with E-state index in [1.54, 1.807) is 0 Å². The zero-order valence-corrected chi connectivity index (χ0v) is 3.90. The molecule has 0 aromatic rings. The van der Waals surface area contributed by atoms with E-state index in [-0.39, 0.29) is 6.29 Å². The predicted octanol–water partition coefficient (Wildman–Crippen LogP) is 1.20. The third-order valence-corrected chi connectivity index (χ3v) is 0.585. The summed E-state index contributed by atoms with van der Waals surface area (Å²) in [5, 5.41) is 0. The molecule has 0 rings (SSSR count). The van der Waals surface area contributed by atoms with Gasteiger partial charge in [-0.2, -0.15) is 13.2 Å². The van der Waals surface area contributed by atoms with Crippen molar-refractivity contribution in [3.05, 3.63) is 6.92 Å². The van der Waals surface area contributed by atoms with E-state index in [2.05, 4.69) is 6.92 Å². The molecule has 8 heavy (non-hydrogen) atoms. The highest BCUT2D eigenvalue weighted by Gasteiger charge is 2.35. The van der Waals surface area contributed by atoms with Gasteiger partial charge in [-0.15, -0.1) is 0 Å². The molecule has 0 spiro atoms. The Hall–Kier alpha value is -0.540. The van der Waals surface area contributed by atoms with Gasteiger partial charge >= 0.3 is 6.18 Å². The number of rotatable bonds is 1. The predicted molar refractivity (Wildman–Crippen MR) is 21.0 cm³/mol. The van der Waals surface area contributed by atoms with Crippen molar-refractivity contribution in [2.75, 3.05) is 0 Å². The molecule has 1 nitrogen and oxygen atoms in total. The Morgan fingerprint density at radius 2 is 1.88 bits per heavy atom. The third kappa shape index (κ3) is 1.95. The van der Waals surface area contributed by atoms with Gasteiger partial charge in [0.25, 0.3) is 0 Å². The van der Waals surface area contributed by atoms with Gasteiger partial charge in [0.1, 0.15) is 12.2 Å². The van der Waals surface area contributed by atoms with E-state index in [0.717, 1.165) is 0 Å². The van der Waals surface area contributed by atoms with E-state index in [1.165, 1.54) is 0 Å². The number of hydrogen-bond donors (Lipinski definition) is 0. The topological polar surface area (TPSA) is 17.1 Å². The number of aldehydes is 1. The van der Waals surface area contributed by atoms with Crippen LogP contribution in [0.25, 0.3) is 0 Å². The summed E-state index contributed by atoms with van der Waals surface area (Å²) in [6.45, 7) is 2.53. The highest BCUT2D eigenvalue weighted by atomic mass is 19.4. The monoisotopic (exact) mass is 125 g/mol. The van der Waals surface area contributed by atoms with Crippen LogP contribution in [-0.2, 0) is 4.79 Å². The first-order valence-corrected chi connectivity index (χ1v) is 1.83. The highest BCUT2D eigenvalue weighted by molar-refractivity contribution is 5.55.